The topological polar surface area (TPSA) is 52.7 Å². The molecule has 1 unspecified atom stereocenters. The highest BCUT2D eigenvalue weighted by Crippen LogP contribution is 2.25. The van der Waals surface area contributed by atoms with E-state index in [0.29, 0.717) is 12.6 Å². The minimum Gasteiger partial charge on any atom is -0.314 e. The lowest BCUT2D eigenvalue weighted by atomic mass is 9.88. The first kappa shape index (κ1) is 17.9. The van der Waals surface area contributed by atoms with Crippen LogP contribution in [0.3, 0.4) is 0 Å². The Morgan fingerprint density at radius 1 is 1.25 bits per heavy atom. The van der Waals surface area contributed by atoms with Gasteiger partial charge < -0.3 is 5.32 Å². The summed E-state index contributed by atoms with van der Waals surface area (Å²) in [6.45, 7) is 9.59. The summed E-state index contributed by atoms with van der Waals surface area (Å²) in [7, 11) is -0.0317. The van der Waals surface area contributed by atoms with Gasteiger partial charge in [0.1, 0.15) is 0 Å². The third kappa shape index (κ3) is 4.98. The van der Waals surface area contributed by atoms with Gasteiger partial charge in [0, 0.05) is 32.7 Å². The zero-order valence-corrected chi connectivity index (χ0v) is 14.6. The number of nitrogens with one attached hydrogen (secondary N) is 1. The lowest BCUT2D eigenvalue weighted by Crippen LogP contribution is -2.48. The molecule has 1 aliphatic carbocycles. The maximum atomic E-state index is 12.5. The van der Waals surface area contributed by atoms with Gasteiger partial charge in [-0.2, -0.15) is 17.0 Å². The molecule has 5 nitrogen and oxygen atoms in total. The Labute approximate surface area is 124 Å². The van der Waals surface area contributed by atoms with E-state index in [-0.39, 0.29) is 11.5 Å². The monoisotopic (exact) mass is 305 g/mol. The summed E-state index contributed by atoms with van der Waals surface area (Å²) in [6.07, 6.45) is 3.38. The van der Waals surface area contributed by atoms with Gasteiger partial charge in [-0.15, -0.1) is 0 Å². The molecule has 1 N–H and O–H groups in total. The van der Waals surface area contributed by atoms with Gasteiger partial charge in [-0.1, -0.05) is 20.8 Å². The number of nitrogens with zero attached hydrogens (tertiary/aromatic N) is 2. The highest BCUT2D eigenvalue weighted by Gasteiger charge is 2.33. The van der Waals surface area contributed by atoms with Crippen molar-refractivity contribution < 1.29 is 8.42 Å². The summed E-state index contributed by atoms with van der Waals surface area (Å²) in [5.74, 6) is 0. The summed E-state index contributed by atoms with van der Waals surface area (Å²) in [4.78, 5) is 0. The molecule has 0 saturated heterocycles. The molecule has 0 bridgehead atoms. The van der Waals surface area contributed by atoms with E-state index in [1.165, 1.54) is 21.5 Å². The van der Waals surface area contributed by atoms with Crippen molar-refractivity contribution in [3.63, 3.8) is 0 Å². The van der Waals surface area contributed by atoms with Crippen LogP contribution in [0.5, 0.6) is 0 Å². The Kier molecular flexibility index (Phi) is 6.01. The summed E-state index contributed by atoms with van der Waals surface area (Å²) >= 11 is 0. The minimum atomic E-state index is -3.37. The van der Waals surface area contributed by atoms with Crippen LogP contribution in [0.15, 0.2) is 0 Å². The average molecular weight is 305 g/mol. The Bertz CT molecular complexity index is 399. The highest BCUT2D eigenvalue weighted by atomic mass is 32.2. The van der Waals surface area contributed by atoms with E-state index >= 15 is 0 Å². The van der Waals surface area contributed by atoms with E-state index in [4.69, 9.17) is 0 Å². The van der Waals surface area contributed by atoms with Crippen molar-refractivity contribution in [1.29, 1.82) is 0 Å². The number of hydrogen-bond acceptors (Lipinski definition) is 3. The average Bonchev–Trinajstić information content (AvgIpc) is 3.15. The fraction of sp³-hybridized carbons (Fsp3) is 1.00. The van der Waals surface area contributed by atoms with Gasteiger partial charge in [0.25, 0.3) is 10.2 Å². The van der Waals surface area contributed by atoms with Crippen LogP contribution >= 0.6 is 0 Å². The van der Waals surface area contributed by atoms with Crippen molar-refractivity contribution >= 4 is 10.2 Å². The van der Waals surface area contributed by atoms with E-state index in [1.54, 1.807) is 14.1 Å². The first-order chi connectivity index (χ1) is 9.06. The minimum absolute atomic E-state index is 0.0421. The summed E-state index contributed by atoms with van der Waals surface area (Å²) in [5.41, 5.74) is -0.0732. The van der Waals surface area contributed by atoms with Gasteiger partial charge in [0.2, 0.25) is 0 Å². The normalized spacial score (nSPS) is 18.8. The van der Waals surface area contributed by atoms with Crippen LogP contribution in [0.4, 0.5) is 0 Å². The Balaban J connectivity index is 2.47. The highest BCUT2D eigenvalue weighted by molar-refractivity contribution is 7.86. The van der Waals surface area contributed by atoms with Crippen molar-refractivity contribution in [3.05, 3.63) is 0 Å². The largest absolute Gasteiger partial charge is 0.314 e. The van der Waals surface area contributed by atoms with Crippen molar-refractivity contribution in [1.82, 2.24) is 13.9 Å². The second kappa shape index (κ2) is 6.73. The van der Waals surface area contributed by atoms with Gasteiger partial charge in [-0.3, -0.25) is 0 Å². The van der Waals surface area contributed by atoms with Crippen molar-refractivity contribution in [2.24, 2.45) is 5.41 Å². The van der Waals surface area contributed by atoms with Crippen LogP contribution in [0.25, 0.3) is 0 Å². The van der Waals surface area contributed by atoms with Gasteiger partial charge in [-0.25, -0.2) is 0 Å². The molecular formula is C14H31N3O2S. The van der Waals surface area contributed by atoms with E-state index in [0.717, 1.165) is 13.0 Å². The van der Waals surface area contributed by atoms with Crippen LogP contribution in [0.2, 0.25) is 0 Å². The molecule has 0 aromatic heterocycles. The first-order valence-electron chi connectivity index (χ1n) is 7.49. The molecule has 1 rings (SSSR count). The number of hydrogen-bond donors (Lipinski definition) is 1. The van der Waals surface area contributed by atoms with Crippen LogP contribution in [-0.4, -0.2) is 56.3 Å². The molecule has 0 heterocycles. The molecule has 6 heteroatoms. The van der Waals surface area contributed by atoms with Gasteiger partial charge in [0.15, 0.2) is 0 Å². The first-order valence-corrected chi connectivity index (χ1v) is 8.89. The summed E-state index contributed by atoms with van der Waals surface area (Å²) in [5, 5.41) is 3.40. The molecule has 0 aromatic carbocycles. The molecule has 120 valence electrons. The van der Waals surface area contributed by atoms with Crippen LogP contribution in [0, 0.1) is 5.41 Å². The zero-order valence-electron chi connectivity index (χ0n) is 13.8. The van der Waals surface area contributed by atoms with E-state index in [2.05, 4.69) is 26.1 Å². The van der Waals surface area contributed by atoms with Crippen LogP contribution in [0.1, 0.15) is 47.0 Å². The van der Waals surface area contributed by atoms with Crippen molar-refractivity contribution in [3.8, 4) is 0 Å². The van der Waals surface area contributed by atoms with Crippen molar-refractivity contribution in [2.45, 2.75) is 59.0 Å². The molecule has 1 fully saturated rings. The lowest BCUT2D eigenvalue weighted by Gasteiger charge is -2.36. The molecule has 1 aliphatic rings. The van der Waals surface area contributed by atoms with E-state index in [9.17, 15) is 8.42 Å². The second-order valence-corrected chi connectivity index (χ2v) is 9.06. The van der Waals surface area contributed by atoms with Crippen LogP contribution < -0.4 is 5.32 Å². The molecule has 1 saturated carbocycles. The van der Waals surface area contributed by atoms with Gasteiger partial charge in [-0.05, 0) is 38.1 Å². The lowest BCUT2D eigenvalue weighted by molar-refractivity contribution is 0.207. The Morgan fingerprint density at radius 3 is 2.25 bits per heavy atom. The summed E-state index contributed by atoms with van der Waals surface area (Å²) in [6, 6.07) is 0.639. The fourth-order valence-corrected chi connectivity index (χ4v) is 3.49. The Morgan fingerprint density at radius 2 is 1.80 bits per heavy atom. The molecule has 0 radical (unpaired) electrons. The maximum Gasteiger partial charge on any atom is 0.281 e. The van der Waals surface area contributed by atoms with Crippen LogP contribution in [-0.2, 0) is 10.2 Å². The smallest absolute Gasteiger partial charge is 0.281 e. The predicted octanol–water partition coefficient (Wildman–Crippen LogP) is 1.67. The fourth-order valence-electron chi connectivity index (χ4n) is 1.98. The molecule has 0 aliphatic heterocycles. The third-order valence-electron chi connectivity index (χ3n) is 4.22. The summed E-state index contributed by atoms with van der Waals surface area (Å²) < 4.78 is 27.9. The van der Waals surface area contributed by atoms with Gasteiger partial charge in [0.05, 0.1) is 0 Å². The molecule has 0 spiro atoms. The molecular weight excluding hydrogens is 274 g/mol. The maximum absolute atomic E-state index is 12.5. The Hall–Kier alpha value is -0.170. The molecule has 1 atom stereocenters. The zero-order chi connectivity index (χ0) is 15.6. The molecule has 0 amide bonds. The number of rotatable bonds is 8. The third-order valence-corrected chi connectivity index (χ3v) is 6.23. The second-order valence-electron chi connectivity index (χ2n) is 6.97. The molecule has 0 aromatic rings. The SMILES string of the molecule is CC(N(C)S(=O)(=O)N(C)CCCNC1CC1)C(C)(C)C. The van der Waals surface area contributed by atoms with E-state index in [1.807, 2.05) is 6.92 Å². The predicted molar refractivity (Wildman–Crippen MR) is 83.9 cm³/mol. The quantitative estimate of drug-likeness (QED) is 0.694. The molecule has 20 heavy (non-hydrogen) atoms. The van der Waals surface area contributed by atoms with E-state index < -0.39 is 10.2 Å². The standard InChI is InChI=1S/C14H31N3O2S/c1-12(14(2,3)4)17(6)20(18,19)16(5)11-7-10-15-13-8-9-13/h12-13,15H,7-11H2,1-6H3. The van der Waals surface area contributed by atoms with Gasteiger partial charge >= 0.3 is 0 Å². The van der Waals surface area contributed by atoms with Crippen molar-refractivity contribution in [2.75, 3.05) is 27.2 Å².